The number of nitrogens with one attached hydrogen (secondary N) is 1. The average Bonchev–Trinajstić information content (AvgIpc) is 3.26. The van der Waals surface area contributed by atoms with Gasteiger partial charge >= 0.3 is 0 Å². The Balaban J connectivity index is 1.56. The molecule has 2 aliphatic heterocycles. The molecule has 0 bridgehead atoms. The number of carbonyl (C=O) groups is 2. The first-order chi connectivity index (χ1) is 9.65. The van der Waals surface area contributed by atoms with Crippen molar-refractivity contribution in [3.05, 3.63) is 12.2 Å². The minimum absolute atomic E-state index is 0.0947. The lowest BCUT2D eigenvalue weighted by atomic mass is 9.98. The van der Waals surface area contributed by atoms with Crippen LogP contribution in [-0.2, 0) is 9.59 Å². The summed E-state index contributed by atoms with van der Waals surface area (Å²) in [6.07, 6.45) is 5.36. The molecular weight excluding hydrogens is 254 g/mol. The van der Waals surface area contributed by atoms with Gasteiger partial charge in [0.1, 0.15) is 12.6 Å². The molecule has 1 atom stereocenters. The van der Waals surface area contributed by atoms with E-state index in [-0.39, 0.29) is 24.4 Å². The third-order valence-corrected chi connectivity index (χ3v) is 4.38. The second-order valence-electron chi connectivity index (χ2n) is 6.20. The number of hydrogen-bond donors (Lipinski definition) is 1. The smallest absolute Gasteiger partial charge is 0.246 e. The van der Waals surface area contributed by atoms with Gasteiger partial charge in [0.25, 0.3) is 0 Å². The molecule has 20 heavy (non-hydrogen) atoms. The van der Waals surface area contributed by atoms with Gasteiger partial charge in [-0.25, -0.2) is 0 Å². The van der Waals surface area contributed by atoms with Gasteiger partial charge in [0.05, 0.1) is 0 Å². The molecule has 2 amide bonds. The van der Waals surface area contributed by atoms with Gasteiger partial charge in [-0.15, -0.1) is 0 Å². The number of carbonyl (C=O) groups excluding carboxylic acids is 2. The van der Waals surface area contributed by atoms with Crippen LogP contribution in [0.5, 0.6) is 0 Å². The van der Waals surface area contributed by atoms with Gasteiger partial charge in [0.2, 0.25) is 11.8 Å². The molecule has 3 aliphatic rings. The Kier molecular flexibility index (Phi) is 3.78. The van der Waals surface area contributed by atoms with E-state index < -0.39 is 0 Å². The largest absolute Gasteiger partial charge is 0.329 e. The van der Waals surface area contributed by atoms with Crippen molar-refractivity contribution in [2.45, 2.75) is 44.2 Å². The summed E-state index contributed by atoms with van der Waals surface area (Å²) in [6.45, 7) is 6.25. The Morgan fingerprint density at radius 3 is 2.80 bits per heavy atom. The van der Waals surface area contributed by atoms with Gasteiger partial charge < -0.3 is 15.1 Å². The quantitative estimate of drug-likeness (QED) is 0.745. The number of hydrogen-bond acceptors (Lipinski definition) is 3. The Labute approximate surface area is 120 Å². The van der Waals surface area contributed by atoms with Crippen LogP contribution in [0.1, 0.15) is 32.1 Å². The van der Waals surface area contributed by atoms with Gasteiger partial charge in [-0.1, -0.05) is 6.58 Å². The van der Waals surface area contributed by atoms with Gasteiger partial charge in [-0.2, -0.15) is 0 Å². The van der Waals surface area contributed by atoms with Gasteiger partial charge in [0, 0.05) is 25.7 Å². The van der Waals surface area contributed by atoms with E-state index in [2.05, 4.69) is 11.9 Å². The predicted molar refractivity (Wildman–Crippen MR) is 76.1 cm³/mol. The van der Waals surface area contributed by atoms with Crippen molar-refractivity contribution >= 4 is 11.8 Å². The number of rotatable bonds is 5. The third-order valence-electron chi connectivity index (χ3n) is 4.38. The minimum Gasteiger partial charge on any atom is -0.329 e. The molecule has 0 aromatic heterocycles. The van der Waals surface area contributed by atoms with Crippen molar-refractivity contribution in [1.82, 2.24) is 15.1 Å². The Bertz CT molecular complexity index is 431. The van der Waals surface area contributed by atoms with E-state index in [0.717, 1.165) is 37.9 Å². The topological polar surface area (TPSA) is 52.7 Å². The van der Waals surface area contributed by atoms with E-state index in [1.165, 1.54) is 12.8 Å². The summed E-state index contributed by atoms with van der Waals surface area (Å²) >= 11 is 0. The van der Waals surface area contributed by atoms with Crippen molar-refractivity contribution in [2.24, 2.45) is 0 Å². The molecule has 3 fully saturated rings. The molecule has 0 radical (unpaired) electrons. The monoisotopic (exact) mass is 277 g/mol. The van der Waals surface area contributed by atoms with Gasteiger partial charge in [-0.3, -0.25) is 9.59 Å². The maximum Gasteiger partial charge on any atom is 0.246 e. The van der Waals surface area contributed by atoms with Crippen molar-refractivity contribution < 1.29 is 9.59 Å². The summed E-state index contributed by atoms with van der Waals surface area (Å²) < 4.78 is 0. The highest BCUT2D eigenvalue weighted by atomic mass is 16.2. The molecule has 0 aromatic carbocycles. The van der Waals surface area contributed by atoms with Crippen LogP contribution in [0.2, 0.25) is 0 Å². The van der Waals surface area contributed by atoms with E-state index in [1.807, 2.05) is 0 Å². The van der Waals surface area contributed by atoms with Crippen molar-refractivity contribution in [1.29, 1.82) is 0 Å². The van der Waals surface area contributed by atoms with Crippen LogP contribution in [0.15, 0.2) is 12.2 Å². The normalized spacial score (nSPS) is 26.7. The van der Waals surface area contributed by atoms with E-state index >= 15 is 0 Å². The molecule has 5 nitrogen and oxygen atoms in total. The van der Waals surface area contributed by atoms with Crippen molar-refractivity contribution in [2.75, 3.05) is 26.2 Å². The first kappa shape index (κ1) is 13.6. The SMILES string of the molecule is C=C(CNC1CC1)CN1CC(=O)N2CCCCC2C1=O. The Hall–Kier alpha value is -1.36. The maximum atomic E-state index is 12.5. The van der Waals surface area contributed by atoms with Crippen LogP contribution >= 0.6 is 0 Å². The van der Waals surface area contributed by atoms with Crippen LogP contribution in [0, 0.1) is 0 Å². The maximum absolute atomic E-state index is 12.5. The molecule has 0 aromatic rings. The number of piperidine rings is 1. The lowest BCUT2D eigenvalue weighted by Gasteiger charge is -2.43. The lowest BCUT2D eigenvalue weighted by Crippen LogP contribution is -2.61. The standard InChI is InChI=1S/C15H23N3O2/c1-11(8-16-12-5-6-12)9-17-10-14(19)18-7-3-2-4-13(18)15(17)20/h12-13,16H,1-10H2. The second-order valence-corrected chi connectivity index (χ2v) is 6.20. The fourth-order valence-corrected chi connectivity index (χ4v) is 3.07. The molecule has 1 N–H and O–H groups in total. The van der Waals surface area contributed by atoms with Crippen LogP contribution < -0.4 is 5.32 Å². The van der Waals surface area contributed by atoms with E-state index in [0.29, 0.717) is 12.6 Å². The molecule has 110 valence electrons. The van der Waals surface area contributed by atoms with Gasteiger partial charge in [-0.05, 0) is 37.7 Å². The van der Waals surface area contributed by atoms with Crippen LogP contribution in [-0.4, -0.2) is 59.9 Å². The number of amides is 2. The van der Waals surface area contributed by atoms with E-state index in [9.17, 15) is 9.59 Å². The third kappa shape index (κ3) is 2.87. The molecule has 1 aliphatic carbocycles. The zero-order chi connectivity index (χ0) is 14.1. The second kappa shape index (κ2) is 5.56. The number of nitrogens with zero attached hydrogens (tertiary/aromatic N) is 2. The Morgan fingerprint density at radius 1 is 1.25 bits per heavy atom. The molecule has 3 rings (SSSR count). The molecular formula is C15H23N3O2. The highest BCUT2D eigenvalue weighted by Gasteiger charge is 2.40. The molecule has 5 heteroatoms. The van der Waals surface area contributed by atoms with Gasteiger partial charge in [0.15, 0.2) is 0 Å². The highest BCUT2D eigenvalue weighted by Crippen LogP contribution is 2.23. The van der Waals surface area contributed by atoms with Crippen LogP contribution in [0.3, 0.4) is 0 Å². The summed E-state index contributed by atoms with van der Waals surface area (Å²) in [4.78, 5) is 28.0. The zero-order valence-electron chi connectivity index (χ0n) is 11.9. The Morgan fingerprint density at radius 2 is 2.05 bits per heavy atom. The lowest BCUT2D eigenvalue weighted by molar-refractivity contribution is -0.157. The van der Waals surface area contributed by atoms with Crippen LogP contribution in [0.25, 0.3) is 0 Å². The fraction of sp³-hybridized carbons (Fsp3) is 0.733. The zero-order valence-corrected chi connectivity index (χ0v) is 11.9. The molecule has 1 unspecified atom stereocenters. The predicted octanol–water partition coefficient (Wildman–Crippen LogP) is 0.518. The number of fused-ring (bicyclic) bond motifs is 1. The first-order valence-corrected chi connectivity index (χ1v) is 7.63. The molecule has 2 heterocycles. The van der Waals surface area contributed by atoms with E-state index in [1.54, 1.807) is 9.80 Å². The van der Waals surface area contributed by atoms with E-state index in [4.69, 9.17) is 0 Å². The summed E-state index contributed by atoms with van der Waals surface area (Å²) in [7, 11) is 0. The molecule has 2 saturated heterocycles. The summed E-state index contributed by atoms with van der Waals surface area (Å²) in [5.41, 5.74) is 0.988. The summed E-state index contributed by atoms with van der Waals surface area (Å²) in [6, 6.07) is 0.425. The van der Waals surface area contributed by atoms with Crippen molar-refractivity contribution in [3.8, 4) is 0 Å². The highest BCUT2D eigenvalue weighted by molar-refractivity contribution is 5.95. The fourth-order valence-electron chi connectivity index (χ4n) is 3.07. The summed E-state index contributed by atoms with van der Waals surface area (Å²) in [5.74, 6) is 0.203. The van der Waals surface area contributed by atoms with Crippen LogP contribution in [0.4, 0.5) is 0 Å². The molecule has 0 spiro atoms. The average molecular weight is 277 g/mol. The van der Waals surface area contributed by atoms with Crippen molar-refractivity contribution in [3.63, 3.8) is 0 Å². The first-order valence-electron chi connectivity index (χ1n) is 7.63. The number of piperazine rings is 1. The summed E-state index contributed by atoms with van der Waals surface area (Å²) in [5, 5.41) is 3.40. The molecule has 1 saturated carbocycles. The minimum atomic E-state index is -0.214.